The smallest absolute Gasteiger partial charge is 0.152 e. The van der Waals surface area contributed by atoms with Gasteiger partial charge >= 0.3 is 0 Å². The van der Waals surface area contributed by atoms with E-state index in [1.165, 1.54) is 0 Å². The van der Waals surface area contributed by atoms with E-state index in [0.29, 0.717) is 23.5 Å². The first-order valence-electron chi connectivity index (χ1n) is 7.01. The Hall–Kier alpha value is -0.130. The van der Waals surface area contributed by atoms with Crippen LogP contribution < -0.4 is 5.32 Å². The topological polar surface area (TPSA) is 49.4 Å². The molecule has 2 unspecified atom stereocenters. The predicted octanol–water partition coefficient (Wildman–Crippen LogP) is 0.884. The van der Waals surface area contributed by atoms with E-state index < -0.39 is 9.84 Å². The Labute approximate surface area is 111 Å². The molecule has 18 heavy (non-hydrogen) atoms. The molecule has 0 amide bonds. The van der Waals surface area contributed by atoms with Crippen molar-refractivity contribution in [3.8, 4) is 0 Å². The van der Waals surface area contributed by atoms with Gasteiger partial charge in [0.05, 0.1) is 11.5 Å². The lowest BCUT2D eigenvalue weighted by atomic mass is 9.96. The third-order valence-electron chi connectivity index (χ3n) is 4.48. The second-order valence-corrected chi connectivity index (χ2v) is 8.63. The van der Waals surface area contributed by atoms with Crippen molar-refractivity contribution < 1.29 is 8.42 Å². The first-order chi connectivity index (χ1) is 8.32. The molecule has 2 heterocycles. The van der Waals surface area contributed by atoms with Crippen LogP contribution in [0.2, 0.25) is 0 Å². The van der Waals surface area contributed by atoms with Crippen LogP contribution in [0, 0.1) is 5.92 Å². The quantitative estimate of drug-likeness (QED) is 0.812. The lowest BCUT2D eigenvalue weighted by molar-refractivity contribution is 0.116. The van der Waals surface area contributed by atoms with Crippen LogP contribution in [0.15, 0.2) is 0 Å². The van der Waals surface area contributed by atoms with Gasteiger partial charge in [0.25, 0.3) is 0 Å². The zero-order valence-electron chi connectivity index (χ0n) is 11.8. The second kappa shape index (κ2) is 5.10. The van der Waals surface area contributed by atoms with Crippen LogP contribution in [0.1, 0.15) is 33.6 Å². The molecule has 0 radical (unpaired) electrons. The first-order valence-corrected chi connectivity index (χ1v) is 8.83. The van der Waals surface area contributed by atoms with E-state index >= 15 is 0 Å². The van der Waals surface area contributed by atoms with Gasteiger partial charge in [-0.2, -0.15) is 0 Å². The van der Waals surface area contributed by atoms with Crippen LogP contribution in [0.25, 0.3) is 0 Å². The van der Waals surface area contributed by atoms with E-state index in [1.807, 2.05) is 0 Å². The Balaban J connectivity index is 2.11. The molecule has 4 nitrogen and oxygen atoms in total. The van der Waals surface area contributed by atoms with Crippen molar-refractivity contribution >= 4 is 9.84 Å². The van der Waals surface area contributed by atoms with Gasteiger partial charge < -0.3 is 5.32 Å². The minimum atomic E-state index is -2.81. The number of nitrogens with zero attached hydrogens (tertiary/aromatic N) is 1. The lowest BCUT2D eigenvalue weighted by Gasteiger charge is -2.39. The molecule has 2 atom stereocenters. The molecule has 2 rings (SSSR count). The monoisotopic (exact) mass is 274 g/mol. The summed E-state index contributed by atoms with van der Waals surface area (Å²) in [5, 5.41) is 3.58. The van der Waals surface area contributed by atoms with Crippen molar-refractivity contribution in [1.82, 2.24) is 10.2 Å². The van der Waals surface area contributed by atoms with Gasteiger partial charge in [-0.05, 0) is 38.8 Å². The molecule has 0 aromatic carbocycles. The van der Waals surface area contributed by atoms with Gasteiger partial charge in [-0.25, -0.2) is 8.42 Å². The number of sulfone groups is 1. The fraction of sp³-hybridized carbons (Fsp3) is 1.00. The summed E-state index contributed by atoms with van der Waals surface area (Å²) in [5.41, 5.74) is -0.141. The Morgan fingerprint density at radius 3 is 2.67 bits per heavy atom. The summed E-state index contributed by atoms with van der Waals surface area (Å²) in [6.45, 7) is 9.62. The average molecular weight is 274 g/mol. The number of rotatable bonds is 2. The van der Waals surface area contributed by atoms with E-state index in [0.717, 1.165) is 32.5 Å². The Kier molecular flexibility index (Phi) is 4.04. The zero-order valence-corrected chi connectivity index (χ0v) is 12.6. The first kappa shape index (κ1) is 14.3. The second-order valence-electron chi connectivity index (χ2n) is 6.44. The predicted molar refractivity (Wildman–Crippen MR) is 74.5 cm³/mol. The highest BCUT2D eigenvalue weighted by Crippen LogP contribution is 2.30. The molecule has 2 aliphatic heterocycles. The van der Waals surface area contributed by atoms with Crippen molar-refractivity contribution in [3.05, 3.63) is 0 Å². The van der Waals surface area contributed by atoms with Gasteiger partial charge in [-0.3, -0.25) is 4.90 Å². The van der Waals surface area contributed by atoms with Crippen LogP contribution in [0.4, 0.5) is 0 Å². The summed E-state index contributed by atoms with van der Waals surface area (Å²) in [5.74, 6) is 1.29. The Bertz CT molecular complexity index is 394. The molecule has 0 bridgehead atoms. The fourth-order valence-corrected chi connectivity index (χ4v) is 5.30. The SMILES string of the molecule is CC(C)C1CN(C2(C)CCS(=O)(=O)C2)CCCN1. The molecule has 106 valence electrons. The summed E-state index contributed by atoms with van der Waals surface area (Å²) >= 11 is 0. The lowest BCUT2D eigenvalue weighted by Crippen LogP contribution is -2.52. The van der Waals surface area contributed by atoms with E-state index in [1.54, 1.807) is 0 Å². The van der Waals surface area contributed by atoms with Crippen molar-refractivity contribution in [2.45, 2.75) is 45.2 Å². The zero-order chi connectivity index (χ0) is 13.4. The molecule has 0 saturated carbocycles. The third kappa shape index (κ3) is 3.06. The van der Waals surface area contributed by atoms with Gasteiger partial charge in [-0.15, -0.1) is 0 Å². The summed E-state index contributed by atoms with van der Waals surface area (Å²) in [7, 11) is -2.81. The molecule has 2 fully saturated rings. The number of hydrogen-bond donors (Lipinski definition) is 1. The molecule has 2 saturated heterocycles. The molecular weight excluding hydrogens is 248 g/mol. The van der Waals surface area contributed by atoms with Crippen molar-refractivity contribution in [2.75, 3.05) is 31.1 Å². The van der Waals surface area contributed by atoms with Crippen LogP contribution >= 0.6 is 0 Å². The van der Waals surface area contributed by atoms with Gasteiger partial charge in [0.15, 0.2) is 9.84 Å². The molecule has 0 aromatic rings. The van der Waals surface area contributed by atoms with Crippen molar-refractivity contribution in [1.29, 1.82) is 0 Å². The minimum Gasteiger partial charge on any atom is -0.312 e. The average Bonchev–Trinajstić information content (AvgIpc) is 2.50. The summed E-state index contributed by atoms with van der Waals surface area (Å²) in [4.78, 5) is 2.42. The highest BCUT2D eigenvalue weighted by Gasteiger charge is 2.43. The summed E-state index contributed by atoms with van der Waals surface area (Å²) in [6.07, 6.45) is 1.90. The standard InChI is InChI=1S/C13H26N2O2S/c1-11(2)12-9-15(7-4-6-14-12)13(3)5-8-18(16,17)10-13/h11-12,14H,4-10H2,1-3H3. The number of nitrogens with one attached hydrogen (secondary N) is 1. The summed E-state index contributed by atoms with van der Waals surface area (Å²) < 4.78 is 23.5. The number of hydrogen-bond acceptors (Lipinski definition) is 4. The van der Waals surface area contributed by atoms with Gasteiger partial charge in [0.2, 0.25) is 0 Å². The van der Waals surface area contributed by atoms with Crippen LogP contribution in [-0.2, 0) is 9.84 Å². The fourth-order valence-electron chi connectivity index (χ4n) is 3.13. The van der Waals surface area contributed by atoms with E-state index in [2.05, 4.69) is 31.0 Å². The van der Waals surface area contributed by atoms with E-state index in [4.69, 9.17) is 0 Å². The summed E-state index contributed by atoms with van der Waals surface area (Å²) in [6, 6.07) is 0.479. The van der Waals surface area contributed by atoms with Gasteiger partial charge in [-0.1, -0.05) is 13.8 Å². The maximum Gasteiger partial charge on any atom is 0.152 e. The van der Waals surface area contributed by atoms with Crippen LogP contribution in [0.5, 0.6) is 0 Å². The van der Waals surface area contributed by atoms with Crippen molar-refractivity contribution in [2.24, 2.45) is 5.92 Å². The molecule has 2 aliphatic rings. The molecule has 0 spiro atoms. The van der Waals surface area contributed by atoms with Crippen LogP contribution in [0.3, 0.4) is 0 Å². The third-order valence-corrected chi connectivity index (χ3v) is 6.37. The maximum absolute atomic E-state index is 11.7. The highest BCUT2D eigenvalue weighted by molar-refractivity contribution is 7.91. The van der Waals surface area contributed by atoms with E-state index in [-0.39, 0.29) is 5.54 Å². The van der Waals surface area contributed by atoms with Gasteiger partial charge in [0.1, 0.15) is 0 Å². The van der Waals surface area contributed by atoms with Crippen LogP contribution in [-0.4, -0.2) is 56.0 Å². The van der Waals surface area contributed by atoms with Gasteiger partial charge in [0, 0.05) is 18.1 Å². The minimum absolute atomic E-state index is 0.141. The highest BCUT2D eigenvalue weighted by atomic mass is 32.2. The molecule has 0 aliphatic carbocycles. The molecule has 5 heteroatoms. The largest absolute Gasteiger partial charge is 0.312 e. The molecule has 1 N–H and O–H groups in total. The molecule has 0 aromatic heterocycles. The van der Waals surface area contributed by atoms with E-state index in [9.17, 15) is 8.42 Å². The Morgan fingerprint density at radius 1 is 1.39 bits per heavy atom. The van der Waals surface area contributed by atoms with Crippen molar-refractivity contribution in [3.63, 3.8) is 0 Å². The molecular formula is C13H26N2O2S. The normalized spacial score (nSPS) is 37.9. The maximum atomic E-state index is 11.7. The Morgan fingerprint density at radius 2 is 2.11 bits per heavy atom.